The molecule has 1 aliphatic heterocycles. The molecule has 31 heavy (non-hydrogen) atoms. The summed E-state index contributed by atoms with van der Waals surface area (Å²) in [5.41, 5.74) is 2.14. The van der Waals surface area contributed by atoms with Gasteiger partial charge in [-0.1, -0.05) is 52.3 Å². The molecule has 1 amide bonds. The van der Waals surface area contributed by atoms with Gasteiger partial charge in [0, 0.05) is 34.8 Å². The van der Waals surface area contributed by atoms with E-state index in [-0.39, 0.29) is 29.5 Å². The van der Waals surface area contributed by atoms with Gasteiger partial charge in [-0.2, -0.15) is 0 Å². The third-order valence-electron chi connectivity index (χ3n) is 5.64. The minimum atomic E-state index is -1.06. The van der Waals surface area contributed by atoms with Gasteiger partial charge in [0.2, 0.25) is 11.9 Å². The third kappa shape index (κ3) is 4.29. The van der Waals surface area contributed by atoms with Crippen LogP contribution < -0.4 is 0 Å². The summed E-state index contributed by atoms with van der Waals surface area (Å²) in [5, 5.41) is 22.1. The van der Waals surface area contributed by atoms with Crippen LogP contribution >= 0.6 is 15.9 Å². The van der Waals surface area contributed by atoms with Gasteiger partial charge in [-0.25, -0.2) is 0 Å². The Morgan fingerprint density at radius 3 is 2.52 bits per heavy atom. The second-order valence-electron chi connectivity index (χ2n) is 7.53. The van der Waals surface area contributed by atoms with Crippen LogP contribution in [0.4, 0.5) is 0 Å². The fourth-order valence-corrected chi connectivity index (χ4v) is 4.82. The molecular formula is C23H20BrN3O4. The van der Waals surface area contributed by atoms with Crippen molar-refractivity contribution in [2.24, 2.45) is 0 Å². The molecule has 1 saturated heterocycles. The number of rotatable bonds is 5. The van der Waals surface area contributed by atoms with E-state index < -0.39 is 18.0 Å². The van der Waals surface area contributed by atoms with E-state index in [0.717, 1.165) is 15.6 Å². The molecule has 0 spiro atoms. The van der Waals surface area contributed by atoms with Crippen molar-refractivity contribution >= 4 is 21.8 Å². The maximum Gasteiger partial charge on any atom is 0.244 e. The van der Waals surface area contributed by atoms with Gasteiger partial charge < -0.3 is 10.0 Å². The van der Waals surface area contributed by atoms with Crippen LogP contribution in [0.25, 0.3) is 0 Å². The van der Waals surface area contributed by atoms with Crippen LogP contribution in [-0.4, -0.2) is 31.9 Å². The molecule has 1 fully saturated rings. The first-order valence-electron chi connectivity index (χ1n) is 9.81. The van der Waals surface area contributed by atoms with Crippen molar-refractivity contribution in [3.63, 3.8) is 0 Å². The van der Waals surface area contributed by atoms with Crippen molar-refractivity contribution in [2.75, 3.05) is 0 Å². The zero-order valence-electron chi connectivity index (χ0n) is 16.5. The Morgan fingerprint density at radius 1 is 1.13 bits per heavy atom. The predicted molar refractivity (Wildman–Crippen MR) is 118 cm³/mol. The lowest BCUT2D eigenvalue weighted by Gasteiger charge is -2.41. The summed E-state index contributed by atoms with van der Waals surface area (Å²) < 4.78 is 0.741. The molecule has 2 heterocycles. The average Bonchev–Trinajstić information content (AvgIpc) is 2.76. The fraction of sp³-hybridized carbons (Fsp3) is 0.217. The molecule has 8 heteroatoms. The summed E-state index contributed by atoms with van der Waals surface area (Å²) in [6.45, 7) is 0.214. The normalized spacial score (nSPS) is 21.1. The van der Waals surface area contributed by atoms with Crippen LogP contribution in [-0.2, 0) is 11.3 Å². The van der Waals surface area contributed by atoms with E-state index in [4.69, 9.17) is 0 Å². The van der Waals surface area contributed by atoms with Crippen molar-refractivity contribution in [1.82, 2.24) is 9.88 Å². The van der Waals surface area contributed by atoms with Crippen LogP contribution in [0.3, 0.4) is 0 Å². The number of carbonyl (C=O) groups is 1. The van der Waals surface area contributed by atoms with Crippen molar-refractivity contribution in [1.29, 1.82) is 0 Å². The lowest BCUT2D eigenvalue weighted by atomic mass is 9.78. The van der Waals surface area contributed by atoms with Crippen molar-refractivity contribution in [2.45, 2.75) is 31.0 Å². The zero-order chi connectivity index (χ0) is 22.0. The molecule has 0 saturated carbocycles. The van der Waals surface area contributed by atoms with Gasteiger partial charge in [-0.3, -0.25) is 19.9 Å². The van der Waals surface area contributed by atoms with E-state index in [2.05, 4.69) is 20.9 Å². The minimum Gasteiger partial charge on any atom is -0.508 e. The number of likely N-dealkylation sites (tertiary alicyclic amines) is 1. The quantitative estimate of drug-likeness (QED) is 0.428. The number of hydrogen-bond donors (Lipinski definition) is 1. The first-order chi connectivity index (χ1) is 15.0. The number of carbonyl (C=O) groups excluding carboxylic acids is 1. The number of hydrogen-bond acceptors (Lipinski definition) is 5. The Hall–Kier alpha value is -3.26. The van der Waals surface area contributed by atoms with Crippen molar-refractivity contribution in [3.8, 4) is 5.75 Å². The Kier molecular flexibility index (Phi) is 5.99. The molecule has 0 aliphatic carbocycles. The van der Waals surface area contributed by atoms with E-state index in [9.17, 15) is 20.0 Å². The van der Waals surface area contributed by atoms with Crippen LogP contribution in [0.1, 0.15) is 35.1 Å². The zero-order valence-corrected chi connectivity index (χ0v) is 18.1. The smallest absolute Gasteiger partial charge is 0.244 e. The highest BCUT2D eigenvalue weighted by Gasteiger charge is 2.51. The Bertz CT molecular complexity index is 1090. The number of phenols is 1. The van der Waals surface area contributed by atoms with E-state index in [1.807, 2.05) is 30.3 Å². The van der Waals surface area contributed by atoms with Gasteiger partial charge in [0.25, 0.3) is 0 Å². The van der Waals surface area contributed by atoms with E-state index >= 15 is 0 Å². The number of aromatic hydroxyl groups is 1. The van der Waals surface area contributed by atoms with Crippen LogP contribution in [0, 0.1) is 10.1 Å². The standard InChI is InChI=1S/C23H20BrN3O4/c24-20-6-2-1-5-18(20)19-12-21(29)26(14-15-4-3-11-25-13-15)22(23(19)27(30)31)16-7-9-17(28)10-8-16/h1-11,13,19,22-23,28H,12,14H2/t19?,22-,23+/m1/s1. The van der Waals surface area contributed by atoms with Crippen LogP contribution in [0.15, 0.2) is 77.5 Å². The molecule has 3 atom stereocenters. The van der Waals surface area contributed by atoms with Crippen molar-refractivity contribution < 1.29 is 14.8 Å². The van der Waals surface area contributed by atoms with Crippen molar-refractivity contribution in [3.05, 3.63) is 104 Å². The number of aromatic nitrogens is 1. The molecule has 158 valence electrons. The molecule has 2 aromatic carbocycles. The van der Waals surface area contributed by atoms with Gasteiger partial charge in [0.1, 0.15) is 11.8 Å². The van der Waals surface area contributed by atoms with Gasteiger partial charge >= 0.3 is 0 Å². The molecule has 7 nitrogen and oxygen atoms in total. The molecule has 4 rings (SSSR count). The molecule has 1 N–H and O–H groups in total. The Labute approximate surface area is 187 Å². The summed E-state index contributed by atoms with van der Waals surface area (Å²) in [6, 6.07) is 15.3. The van der Waals surface area contributed by atoms with Gasteiger partial charge in [-0.15, -0.1) is 0 Å². The number of amides is 1. The number of pyridine rings is 1. The predicted octanol–water partition coefficient (Wildman–Crippen LogP) is 4.45. The van der Waals surface area contributed by atoms with E-state index in [0.29, 0.717) is 5.56 Å². The molecule has 1 aliphatic rings. The largest absolute Gasteiger partial charge is 0.508 e. The second kappa shape index (κ2) is 8.85. The van der Waals surface area contributed by atoms with E-state index in [1.165, 1.54) is 12.1 Å². The summed E-state index contributed by atoms with van der Waals surface area (Å²) in [7, 11) is 0. The highest BCUT2D eigenvalue weighted by atomic mass is 79.9. The lowest BCUT2D eigenvalue weighted by Crippen LogP contribution is -2.51. The highest BCUT2D eigenvalue weighted by molar-refractivity contribution is 9.10. The molecule has 3 aromatic rings. The monoisotopic (exact) mass is 481 g/mol. The highest BCUT2D eigenvalue weighted by Crippen LogP contribution is 2.44. The van der Waals surface area contributed by atoms with E-state index in [1.54, 1.807) is 35.5 Å². The van der Waals surface area contributed by atoms with Crippen LogP contribution in [0.5, 0.6) is 5.75 Å². The Balaban J connectivity index is 1.83. The first-order valence-corrected chi connectivity index (χ1v) is 10.6. The first kappa shape index (κ1) is 21.0. The number of halogens is 1. The second-order valence-corrected chi connectivity index (χ2v) is 8.38. The number of phenolic OH excluding ortho intramolecular Hbond substituents is 1. The molecule has 1 unspecified atom stereocenters. The fourth-order valence-electron chi connectivity index (χ4n) is 4.24. The summed E-state index contributed by atoms with van der Waals surface area (Å²) >= 11 is 3.49. The van der Waals surface area contributed by atoms with Gasteiger partial charge in [0.15, 0.2) is 0 Å². The molecule has 1 aromatic heterocycles. The number of piperidine rings is 1. The molecule has 0 radical (unpaired) electrons. The summed E-state index contributed by atoms with van der Waals surface area (Å²) in [4.78, 5) is 31.1. The minimum absolute atomic E-state index is 0.0309. The van der Waals surface area contributed by atoms with Gasteiger partial charge in [0.05, 0.1) is 5.92 Å². The average molecular weight is 482 g/mol. The summed E-state index contributed by atoms with van der Waals surface area (Å²) in [5.74, 6) is -0.701. The lowest BCUT2D eigenvalue weighted by molar-refractivity contribution is -0.537. The molecule has 0 bridgehead atoms. The maximum atomic E-state index is 13.3. The third-order valence-corrected chi connectivity index (χ3v) is 6.37. The number of benzene rings is 2. The topological polar surface area (TPSA) is 96.6 Å². The van der Waals surface area contributed by atoms with Gasteiger partial charge in [-0.05, 0) is 41.0 Å². The number of nitro groups is 1. The molecular weight excluding hydrogens is 462 g/mol. The SMILES string of the molecule is O=C1CC(c2ccccc2Br)[C@H]([N+](=O)[O-])[C@@H](c2ccc(O)cc2)N1Cc1cccnc1. The Morgan fingerprint density at radius 2 is 1.87 bits per heavy atom. The van der Waals surface area contributed by atoms with Crippen LogP contribution in [0.2, 0.25) is 0 Å². The summed E-state index contributed by atoms with van der Waals surface area (Å²) in [6.07, 6.45) is 3.33. The number of nitrogens with zero attached hydrogens (tertiary/aromatic N) is 3. The maximum absolute atomic E-state index is 13.3.